The van der Waals surface area contributed by atoms with E-state index in [1.165, 1.54) is 16.7 Å². The number of carbonyl (C=O) groups is 1. The minimum atomic E-state index is -0.124. The number of amides is 1. The van der Waals surface area contributed by atoms with Gasteiger partial charge < -0.3 is 10.1 Å². The highest BCUT2D eigenvalue weighted by Crippen LogP contribution is 2.32. The van der Waals surface area contributed by atoms with Gasteiger partial charge >= 0.3 is 0 Å². The molecular formula is C24H27N3O2. The van der Waals surface area contributed by atoms with Crippen molar-refractivity contribution < 1.29 is 9.53 Å². The molecule has 0 spiro atoms. The van der Waals surface area contributed by atoms with E-state index >= 15 is 0 Å². The number of pyridine rings is 2. The Morgan fingerprint density at radius 1 is 1.14 bits per heavy atom. The van der Waals surface area contributed by atoms with Crippen LogP contribution in [0, 0.1) is 13.8 Å². The van der Waals surface area contributed by atoms with Crippen molar-refractivity contribution in [2.24, 2.45) is 0 Å². The molecule has 0 radical (unpaired) electrons. The lowest BCUT2D eigenvalue weighted by molar-refractivity contribution is 0.0855. The summed E-state index contributed by atoms with van der Waals surface area (Å²) in [4.78, 5) is 21.7. The van der Waals surface area contributed by atoms with Crippen molar-refractivity contribution in [3.05, 3.63) is 70.7 Å². The minimum Gasteiger partial charge on any atom is -0.381 e. The first kappa shape index (κ1) is 19.5. The molecule has 5 nitrogen and oxygen atoms in total. The van der Waals surface area contributed by atoms with Gasteiger partial charge in [0.25, 0.3) is 5.91 Å². The van der Waals surface area contributed by atoms with Gasteiger partial charge in [-0.05, 0) is 73.4 Å². The summed E-state index contributed by atoms with van der Waals surface area (Å²) in [5, 5.41) is 4.07. The molecule has 29 heavy (non-hydrogen) atoms. The zero-order valence-corrected chi connectivity index (χ0v) is 17.1. The fourth-order valence-corrected chi connectivity index (χ4v) is 3.93. The summed E-state index contributed by atoms with van der Waals surface area (Å²) in [5.74, 6) is 0.251. The van der Waals surface area contributed by atoms with Gasteiger partial charge in [0, 0.05) is 37.5 Å². The van der Waals surface area contributed by atoms with Crippen molar-refractivity contribution >= 4 is 16.8 Å². The molecule has 5 heteroatoms. The molecule has 0 bridgehead atoms. The first-order chi connectivity index (χ1) is 14.1. The number of fused-ring (bicyclic) bond motifs is 1. The second-order valence-corrected chi connectivity index (χ2v) is 7.80. The van der Waals surface area contributed by atoms with Crippen molar-refractivity contribution in [3.63, 3.8) is 0 Å². The van der Waals surface area contributed by atoms with E-state index in [0.717, 1.165) is 48.9 Å². The van der Waals surface area contributed by atoms with Crippen LogP contribution in [0.1, 0.15) is 51.5 Å². The quantitative estimate of drug-likeness (QED) is 0.713. The Hall–Kier alpha value is -2.79. The van der Waals surface area contributed by atoms with Crippen molar-refractivity contribution in [1.29, 1.82) is 0 Å². The van der Waals surface area contributed by atoms with Crippen LogP contribution >= 0.6 is 0 Å². The highest BCUT2D eigenvalue weighted by Gasteiger charge is 2.21. The van der Waals surface area contributed by atoms with Gasteiger partial charge in [-0.15, -0.1) is 0 Å². The molecule has 3 aromatic rings. The Kier molecular flexibility index (Phi) is 5.86. The molecular weight excluding hydrogens is 362 g/mol. The highest BCUT2D eigenvalue weighted by molar-refractivity contribution is 5.96. The summed E-state index contributed by atoms with van der Waals surface area (Å²) in [6.45, 7) is 6.32. The third kappa shape index (κ3) is 4.46. The Labute approximate surface area is 171 Å². The van der Waals surface area contributed by atoms with Gasteiger partial charge in [0.2, 0.25) is 0 Å². The lowest BCUT2D eigenvalue weighted by atomic mass is 9.89. The Morgan fingerprint density at radius 3 is 2.76 bits per heavy atom. The maximum absolute atomic E-state index is 12.8. The number of rotatable bonds is 5. The monoisotopic (exact) mass is 389 g/mol. The topological polar surface area (TPSA) is 64.1 Å². The van der Waals surface area contributed by atoms with Crippen LogP contribution in [-0.2, 0) is 11.2 Å². The second-order valence-electron chi connectivity index (χ2n) is 7.80. The van der Waals surface area contributed by atoms with Crippen molar-refractivity contribution in [1.82, 2.24) is 15.3 Å². The average molecular weight is 389 g/mol. The molecule has 1 saturated heterocycles. The van der Waals surface area contributed by atoms with Gasteiger partial charge in [-0.3, -0.25) is 9.78 Å². The third-order valence-corrected chi connectivity index (χ3v) is 5.81. The van der Waals surface area contributed by atoms with Gasteiger partial charge in [0.05, 0.1) is 5.52 Å². The minimum absolute atomic E-state index is 0.124. The van der Waals surface area contributed by atoms with Crippen LogP contribution in [0.4, 0.5) is 0 Å². The van der Waals surface area contributed by atoms with Crippen molar-refractivity contribution in [2.45, 2.75) is 39.0 Å². The van der Waals surface area contributed by atoms with Gasteiger partial charge in [0.1, 0.15) is 5.69 Å². The molecule has 1 aliphatic rings. The molecule has 0 aliphatic carbocycles. The lowest BCUT2D eigenvalue weighted by Gasteiger charge is -2.24. The summed E-state index contributed by atoms with van der Waals surface area (Å²) in [5.41, 5.74) is 6.25. The van der Waals surface area contributed by atoms with Crippen LogP contribution in [0.3, 0.4) is 0 Å². The van der Waals surface area contributed by atoms with E-state index in [4.69, 9.17) is 4.74 Å². The zero-order chi connectivity index (χ0) is 20.2. The Bertz CT molecular complexity index is 1030. The smallest absolute Gasteiger partial charge is 0.269 e. The SMILES string of the molecule is Cc1ccc(CCNC(=O)c2cc(C3CCOCC3)c3cnccc3n2)cc1C. The maximum atomic E-state index is 12.8. The second kappa shape index (κ2) is 8.70. The fourth-order valence-electron chi connectivity index (χ4n) is 3.93. The zero-order valence-electron chi connectivity index (χ0n) is 17.1. The van der Waals surface area contributed by atoms with E-state index in [0.29, 0.717) is 18.2 Å². The van der Waals surface area contributed by atoms with Crippen LogP contribution in [0.5, 0.6) is 0 Å². The Balaban J connectivity index is 1.51. The average Bonchev–Trinajstić information content (AvgIpc) is 2.76. The molecule has 1 aromatic carbocycles. The summed E-state index contributed by atoms with van der Waals surface area (Å²) in [7, 11) is 0. The van der Waals surface area contributed by atoms with E-state index in [9.17, 15) is 4.79 Å². The molecule has 0 saturated carbocycles. The van der Waals surface area contributed by atoms with Crippen molar-refractivity contribution in [2.75, 3.05) is 19.8 Å². The number of nitrogens with one attached hydrogen (secondary N) is 1. The van der Waals surface area contributed by atoms with Crippen LogP contribution in [0.15, 0.2) is 42.7 Å². The molecule has 3 heterocycles. The number of nitrogens with zero attached hydrogens (tertiary/aromatic N) is 2. The molecule has 0 atom stereocenters. The number of benzene rings is 1. The molecule has 1 amide bonds. The summed E-state index contributed by atoms with van der Waals surface area (Å²) in [6.07, 6.45) is 6.31. The third-order valence-electron chi connectivity index (χ3n) is 5.81. The number of ether oxygens (including phenoxy) is 1. The van der Waals surface area contributed by atoms with Gasteiger partial charge in [0.15, 0.2) is 0 Å². The van der Waals surface area contributed by atoms with Crippen LogP contribution in [0.25, 0.3) is 10.9 Å². The molecule has 2 aromatic heterocycles. The number of hydrogen-bond donors (Lipinski definition) is 1. The first-order valence-corrected chi connectivity index (χ1v) is 10.3. The number of aryl methyl sites for hydroxylation is 2. The summed E-state index contributed by atoms with van der Waals surface area (Å²) < 4.78 is 5.51. The maximum Gasteiger partial charge on any atom is 0.269 e. The number of carbonyl (C=O) groups excluding carboxylic acids is 1. The van der Waals surface area contributed by atoms with E-state index in [1.54, 1.807) is 6.20 Å². The van der Waals surface area contributed by atoms with Gasteiger partial charge in [-0.1, -0.05) is 18.2 Å². The standard InChI is InChI=1S/C24H27N3O2/c1-16-3-4-18(13-17(16)2)5-10-26-24(28)23-14-20(19-7-11-29-12-8-19)21-15-25-9-6-22(21)27-23/h3-4,6,9,13-15,19H,5,7-8,10-12H2,1-2H3,(H,26,28). The molecule has 150 valence electrons. The molecule has 1 N–H and O–H groups in total. The lowest BCUT2D eigenvalue weighted by Crippen LogP contribution is -2.27. The number of hydrogen-bond acceptors (Lipinski definition) is 4. The van der Waals surface area contributed by atoms with E-state index in [-0.39, 0.29) is 5.91 Å². The van der Waals surface area contributed by atoms with Gasteiger partial charge in [-0.25, -0.2) is 4.98 Å². The van der Waals surface area contributed by atoms with Crippen LogP contribution < -0.4 is 5.32 Å². The van der Waals surface area contributed by atoms with E-state index in [1.807, 2.05) is 18.3 Å². The largest absolute Gasteiger partial charge is 0.381 e. The fraction of sp³-hybridized carbons (Fsp3) is 0.375. The molecule has 4 rings (SSSR count). The molecule has 1 aliphatic heterocycles. The number of aromatic nitrogens is 2. The highest BCUT2D eigenvalue weighted by atomic mass is 16.5. The molecule has 1 fully saturated rings. The summed E-state index contributed by atoms with van der Waals surface area (Å²) >= 11 is 0. The Morgan fingerprint density at radius 2 is 1.97 bits per heavy atom. The van der Waals surface area contributed by atoms with Crippen molar-refractivity contribution in [3.8, 4) is 0 Å². The predicted octanol–water partition coefficient (Wildman–Crippen LogP) is 4.11. The first-order valence-electron chi connectivity index (χ1n) is 10.3. The van der Waals surface area contributed by atoms with Crippen LogP contribution in [0.2, 0.25) is 0 Å². The van der Waals surface area contributed by atoms with E-state index in [2.05, 4.69) is 47.3 Å². The van der Waals surface area contributed by atoms with E-state index < -0.39 is 0 Å². The normalized spacial score (nSPS) is 14.8. The van der Waals surface area contributed by atoms with Gasteiger partial charge in [-0.2, -0.15) is 0 Å². The predicted molar refractivity (Wildman–Crippen MR) is 114 cm³/mol. The summed E-state index contributed by atoms with van der Waals surface area (Å²) in [6, 6.07) is 10.3. The van der Waals surface area contributed by atoms with Crippen LogP contribution in [-0.4, -0.2) is 35.6 Å². The molecule has 0 unspecified atom stereocenters.